The average molecular weight is 369 g/mol. The van der Waals surface area contributed by atoms with Crippen LogP contribution in [0.2, 0.25) is 5.02 Å². The second-order valence-corrected chi connectivity index (χ2v) is 6.58. The summed E-state index contributed by atoms with van der Waals surface area (Å²) in [6.07, 6.45) is 0.648. The van der Waals surface area contributed by atoms with E-state index >= 15 is 0 Å². The number of benzene rings is 2. The number of rotatable bonds is 2. The van der Waals surface area contributed by atoms with Gasteiger partial charge in [-0.3, -0.25) is 0 Å². The van der Waals surface area contributed by atoms with Gasteiger partial charge in [-0.15, -0.1) is 0 Å². The molecule has 0 saturated carbocycles. The molecule has 3 aromatic rings. The van der Waals surface area contributed by atoms with Gasteiger partial charge in [-0.25, -0.2) is 14.8 Å². The maximum Gasteiger partial charge on any atom is 0.407 e. The molecular formula is C19H17ClN4O2. The Balaban J connectivity index is 1.75. The van der Waals surface area contributed by atoms with Crippen LogP contribution < -0.4 is 4.90 Å². The topological polar surface area (TPSA) is 69.6 Å². The highest BCUT2D eigenvalue weighted by molar-refractivity contribution is 6.34. The summed E-state index contributed by atoms with van der Waals surface area (Å²) in [7, 11) is 0. The van der Waals surface area contributed by atoms with Crippen LogP contribution in [0.3, 0.4) is 0 Å². The number of hydrogen-bond donors (Lipinski definition) is 1. The van der Waals surface area contributed by atoms with E-state index in [4.69, 9.17) is 16.7 Å². The predicted octanol–water partition coefficient (Wildman–Crippen LogP) is 3.75. The minimum absolute atomic E-state index is 0.458. The van der Waals surface area contributed by atoms with Gasteiger partial charge in [0.1, 0.15) is 12.1 Å². The van der Waals surface area contributed by atoms with Crippen LogP contribution in [0.5, 0.6) is 0 Å². The lowest BCUT2D eigenvalue weighted by molar-refractivity contribution is 0.142. The van der Waals surface area contributed by atoms with E-state index in [1.54, 1.807) is 0 Å². The normalized spacial score (nSPS) is 14.7. The van der Waals surface area contributed by atoms with Gasteiger partial charge in [0.25, 0.3) is 0 Å². The number of carbonyl (C=O) groups is 1. The molecule has 26 heavy (non-hydrogen) atoms. The highest BCUT2D eigenvalue weighted by atomic mass is 35.5. The minimum Gasteiger partial charge on any atom is -0.465 e. The fourth-order valence-corrected chi connectivity index (χ4v) is 3.53. The predicted molar refractivity (Wildman–Crippen MR) is 102 cm³/mol. The van der Waals surface area contributed by atoms with Crippen LogP contribution in [-0.2, 0) is 0 Å². The largest absolute Gasteiger partial charge is 0.465 e. The third-order valence-corrected chi connectivity index (χ3v) is 4.95. The van der Waals surface area contributed by atoms with Crippen LogP contribution in [0.1, 0.15) is 0 Å². The molecule has 132 valence electrons. The quantitative estimate of drug-likeness (QED) is 0.746. The van der Waals surface area contributed by atoms with Crippen molar-refractivity contribution >= 4 is 34.4 Å². The van der Waals surface area contributed by atoms with Gasteiger partial charge in [0, 0.05) is 37.1 Å². The van der Waals surface area contributed by atoms with Crippen LogP contribution in [-0.4, -0.2) is 52.2 Å². The molecule has 1 aliphatic heterocycles. The van der Waals surface area contributed by atoms with E-state index in [1.165, 1.54) is 11.2 Å². The number of piperazine rings is 1. The first-order valence-corrected chi connectivity index (χ1v) is 8.74. The zero-order valence-corrected chi connectivity index (χ0v) is 14.7. The van der Waals surface area contributed by atoms with Crippen LogP contribution in [0.4, 0.5) is 10.6 Å². The first kappa shape index (κ1) is 16.6. The Labute approximate surface area is 155 Å². The molecule has 4 rings (SSSR count). The van der Waals surface area contributed by atoms with Crippen LogP contribution in [0, 0.1) is 0 Å². The molecule has 1 aromatic heterocycles. The van der Waals surface area contributed by atoms with Gasteiger partial charge in [0.15, 0.2) is 0 Å². The molecule has 0 aliphatic carbocycles. The van der Waals surface area contributed by atoms with Crippen molar-refractivity contribution in [1.29, 1.82) is 0 Å². The molecule has 0 unspecified atom stereocenters. The van der Waals surface area contributed by atoms with Gasteiger partial charge in [-0.2, -0.15) is 0 Å². The van der Waals surface area contributed by atoms with E-state index in [-0.39, 0.29) is 0 Å². The molecule has 6 nitrogen and oxygen atoms in total. The molecule has 0 radical (unpaired) electrons. The smallest absolute Gasteiger partial charge is 0.407 e. The summed E-state index contributed by atoms with van der Waals surface area (Å²) in [4.78, 5) is 23.5. The van der Waals surface area contributed by atoms with Crippen molar-refractivity contribution in [2.24, 2.45) is 0 Å². The van der Waals surface area contributed by atoms with Gasteiger partial charge in [0.2, 0.25) is 0 Å². The molecule has 1 amide bonds. The summed E-state index contributed by atoms with van der Waals surface area (Å²) in [5, 5.41) is 10.7. The first-order chi connectivity index (χ1) is 12.6. The molecule has 1 fully saturated rings. The Hall–Kier alpha value is -2.86. The van der Waals surface area contributed by atoms with E-state index < -0.39 is 6.09 Å². The number of anilines is 1. The van der Waals surface area contributed by atoms with Crippen LogP contribution in [0.25, 0.3) is 22.0 Å². The van der Waals surface area contributed by atoms with Crippen molar-refractivity contribution in [1.82, 2.24) is 14.9 Å². The highest BCUT2D eigenvalue weighted by Crippen LogP contribution is 2.34. The summed E-state index contributed by atoms with van der Waals surface area (Å²) in [5.74, 6) is 0.814. The average Bonchev–Trinajstić information content (AvgIpc) is 2.67. The fourth-order valence-electron chi connectivity index (χ4n) is 3.26. The second kappa shape index (κ2) is 6.80. The molecule has 1 saturated heterocycles. The standard InChI is InChI=1S/C19H17ClN4O2/c20-16-11-17-15(10-14(16)13-4-2-1-3-5-13)18(22-12-21-17)23-6-8-24(9-7-23)19(25)26/h1-5,10-12H,6-9H2,(H,25,26). The van der Waals surface area contributed by atoms with Gasteiger partial charge < -0.3 is 14.9 Å². The Kier molecular flexibility index (Phi) is 4.34. The van der Waals surface area contributed by atoms with Crippen molar-refractivity contribution in [3.05, 3.63) is 53.8 Å². The zero-order chi connectivity index (χ0) is 18.1. The third-order valence-electron chi connectivity index (χ3n) is 4.64. The molecule has 2 aromatic carbocycles. The molecule has 7 heteroatoms. The Bertz CT molecular complexity index is 956. The maximum atomic E-state index is 11.1. The van der Waals surface area contributed by atoms with E-state index in [0.29, 0.717) is 31.2 Å². The SMILES string of the molecule is O=C(O)N1CCN(c2ncnc3cc(Cl)c(-c4ccccc4)cc23)CC1. The van der Waals surface area contributed by atoms with Crippen molar-refractivity contribution in [3.8, 4) is 11.1 Å². The van der Waals surface area contributed by atoms with Gasteiger partial charge in [-0.1, -0.05) is 41.9 Å². The zero-order valence-electron chi connectivity index (χ0n) is 14.0. The van der Waals surface area contributed by atoms with Crippen molar-refractivity contribution in [3.63, 3.8) is 0 Å². The summed E-state index contributed by atoms with van der Waals surface area (Å²) in [6, 6.07) is 13.8. The molecule has 1 N–H and O–H groups in total. The maximum absolute atomic E-state index is 11.1. The van der Waals surface area contributed by atoms with E-state index in [1.807, 2.05) is 42.5 Å². The molecular weight excluding hydrogens is 352 g/mol. The van der Waals surface area contributed by atoms with Crippen molar-refractivity contribution < 1.29 is 9.90 Å². The second-order valence-electron chi connectivity index (χ2n) is 6.17. The molecule has 0 atom stereocenters. The number of nitrogens with zero attached hydrogens (tertiary/aromatic N) is 4. The van der Waals surface area contributed by atoms with Gasteiger partial charge in [-0.05, 0) is 17.7 Å². The van der Waals surface area contributed by atoms with Crippen LogP contribution >= 0.6 is 11.6 Å². The van der Waals surface area contributed by atoms with E-state index in [9.17, 15) is 4.79 Å². The Morgan fingerprint density at radius 2 is 1.77 bits per heavy atom. The van der Waals surface area contributed by atoms with Crippen molar-refractivity contribution in [2.75, 3.05) is 31.1 Å². The summed E-state index contributed by atoms with van der Waals surface area (Å²) in [6.45, 7) is 2.11. The number of halogens is 1. The summed E-state index contributed by atoms with van der Waals surface area (Å²) in [5.41, 5.74) is 2.74. The van der Waals surface area contributed by atoms with Crippen molar-refractivity contribution in [2.45, 2.75) is 0 Å². The first-order valence-electron chi connectivity index (χ1n) is 8.36. The fraction of sp³-hybridized carbons (Fsp3) is 0.211. The highest BCUT2D eigenvalue weighted by Gasteiger charge is 2.23. The number of fused-ring (bicyclic) bond motifs is 1. The number of carboxylic acid groups (broad SMARTS) is 1. The van der Waals surface area contributed by atoms with Gasteiger partial charge >= 0.3 is 6.09 Å². The molecule has 2 heterocycles. The number of aromatic nitrogens is 2. The lowest BCUT2D eigenvalue weighted by atomic mass is 10.0. The Morgan fingerprint density at radius 1 is 1.04 bits per heavy atom. The van der Waals surface area contributed by atoms with E-state index in [2.05, 4.69) is 14.9 Å². The van der Waals surface area contributed by atoms with E-state index in [0.717, 1.165) is 27.8 Å². The molecule has 0 spiro atoms. The lowest BCUT2D eigenvalue weighted by Crippen LogP contribution is -2.48. The summed E-state index contributed by atoms with van der Waals surface area (Å²) >= 11 is 6.48. The molecule has 0 bridgehead atoms. The number of amides is 1. The minimum atomic E-state index is -0.879. The third kappa shape index (κ3) is 3.04. The monoisotopic (exact) mass is 368 g/mol. The Morgan fingerprint density at radius 3 is 2.46 bits per heavy atom. The lowest BCUT2D eigenvalue weighted by Gasteiger charge is -2.34. The summed E-state index contributed by atoms with van der Waals surface area (Å²) < 4.78 is 0. The molecule has 1 aliphatic rings. The van der Waals surface area contributed by atoms with Crippen LogP contribution in [0.15, 0.2) is 48.8 Å². The number of hydrogen-bond acceptors (Lipinski definition) is 4. The van der Waals surface area contributed by atoms with Gasteiger partial charge in [0.05, 0.1) is 10.5 Å².